The van der Waals surface area contributed by atoms with E-state index in [9.17, 15) is 4.79 Å². The molecule has 0 N–H and O–H groups in total. The van der Waals surface area contributed by atoms with Crippen LogP contribution in [0.15, 0.2) is 28.9 Å². The van der Waals surface area contributed by atoms with Gasteiger partial charge in [-0.2, -0.15) is 0 Å². The number of hydrogen-bond acceptors (Lipinski definition) is 4. The van der Waals surface area contributed by atoms with Crippen LogP contribution in [0.1, 0.15) is 12.0 Å². The van der Waals surface area contributed by atoms with Gasteiger partial charge in [0, 0.05) is 25.2 Å². The van der Waals surface area contributed by atoms with Crippen LogP contribution in [0, 0.1) is 0 Å². The Balaban J connectivity index is 2.02. The number of urea groups is 1. The summed E-state index contributed by atoms with van der Waals surface area (Å²) >= 11 is 1.47. The summed E-state index contributed by atoms with van der Waals surface area (Å²) in [5, 5.41) is 0.685. The fraction of sp³-hybridized carbons (Fsp3) is 0.333. The Kier molecular flexibility index (Phi) is 2.61. The van der Waals surface area contributed by atoms with Crippen LogP contribution in [0.25, 0.3) is 0 Å². The lowest BCUT2D eigenvalue weighted by atomic mass is 10.1. The second-order valence-corrected chi connectivity index (χ2v) is 4.91. The van der Waals surface area contributed by atoms with Crippen LogP contribution in [-0.4, -0.2) is 34.2 Å². The van der Waals surface area contributed by atoms with Crippen molar-refractivity contribution in [2.24, 2.45) is 0 Å². The Hall–Kier alpha value is -1.78. The standard InChI is InChI=1S/C12H12N4OS/c1-15-10-8(6-13-11(14-10)18-2)7-16(12(15)17)9-4-3-5-9/h3,6H,4,7H2,1-2H3. The number of anilines is 1. The molecular formula is C12H12N4OS. The second kappa shape index (κ2) is 4.15. The first-order chi connectivity index (χ1) is 8.70. The Labute approximate surface area is 109 Å². The zero-order chi connectivity index (χ0) is 12.7. The molecule has 5 nitrogen and oxygen atoms in total. The Morgan fingerprint density at radius 2 is 2.28 bits per heavy atom. The van der Waals surface area contributed by atoms with Crippen LogP contribution in [0.3, 0.4) is 0 Å². The molecule has 0 saturated carbocycles. The van der Waals surface area contributed by atoms with Crippen molar-refractivity contribution in [3.05, 3.63) is 29.3 Å². The minimum atomic E-state index is -0.0520. The fourth-order valence-electron chi connectivity index (χ4n) is 1.98. The molecule has 2 heterocycles. The van der Waals surface area contributed by atoms with Crippen molar-refractivity contribution in [1.29, 1.82) is 0 Å². The van der Waals surface area contributed by atoms with Crippen LogP contribution < -0.4 is 4.90 Å². The molecule has 0 aromatic carbocycles. The summed E-state index contributed by atoms with van der Waals surface area (Å²) < 4.78 is 0. The van der Waals surface area contributed by atoms with Gasteiger partial charge in [-0.3, -0.25) is 9.80 Å². The predicted octanol–water partition coefficient (Wildman–Crippen LogP) is 2.01. The highest BCUT2D eigenvalue weighted by Crippen LogP contribution is 2.30. The van der Waals surface area contributed by atoms with Gasteiger partial charge in [-0.05, 0) is 12.3 Å². The normalized spacial score (nSPS) is 17.4. The molecule has 1 aliphatic heterocycles. The molecule has 3 rings (SSSR count). The van der Waals surface area contributed by atoms with Gasteiger partial charge in [0.1, 0.15) is 5.82 Å². The predicted molar refractivity (Wildman–Crippen MR) is 69.4 cm³/mol. The first-order valence-corrected chi connectivity index (χ1v) is 6.82. The summed E-state index contributed by atoms with van der Waals surface area (Å²) in [5.41, 5.74) is 4.95. The van der Waals surface area contributed by atoms with Gasteiger partial charge in [-0.1, -0.05) is 11.8 Å². The molecule has 2 amide bonds. The Bertz CT molecular complexity index is 592. The number of thioether (sulfide) groups is 1. The third kappa shape index (κ3) is 1.62. The third-order valence-corrected chi connectivity index (χ3v) is 3.62. The van der Waals surface area contributed by atoms with Gasteiger partial charge in [0.25, 0.3) is 0 Å². The van der Waals surface area contributed by atoms with Crippen LogP contribution in [-0.2, 0) is 6.54 Å². The van der Waals surface area contributed by atoms with Crippen LogP contribution >= 0.6 is 11.8 Å². The molecule has 1 aromatic rings. The highest BCUT2D eigenvalue weighted by molar-refractivity contribution is 7.98. The minimum absolute atomic E-state index is 0.0520. The molecule has 0 bridgehead atoms. The van der Waals surface area contributed by atoms with Crippen molar-refractivity contribution < 1.29 is 4.79 Å². The van der Waals surface area contributed by atoms with E-state index in [1.54, 1.807) is 23.0 Å². The average molecular weight is 260 g/mol. The Morgan fingerprint density at radius 3 is 2.89 bits per heavy atom. The fourth-order valence-corrected chi connectivity index (χ4v) is 2.32. The summed E-state index contributed by atoms with van der Waals surface area (Å²) in [4.78, 5) is 24.2. The number of carbonyl (C=O) groups is 1. The number of aromatic nitrogens is 2. The van der Waals surface area contributed by atoms with Gasteiger partial charge < -0.3 is 0 Å². The van der Waals surface area contributed by atoms with E-state index in [1.807, 2.05) is 12.3 Å². The van der Waals surface area contributed by atoms with Crippen molar-refractivity contribution in [3.8, 4) is 0 Å². The van der Waals surface area contributed by atoms with Crippen molar-refractivity contribution in [1.82, 2.24) is 14.9 Å². The van der Waals surface area contributed by atoms with Gasteiger partial charge in [0.15, 0.2) is 5.16 Å². The van der Waals surface area contributed by atoms with Crippen LogP contribution in [0.4, 0.5) is 10.6 Å². The lowest BCUT2D eigenvalue weighted by Crippen LogP contribution is -2.45. The summed E-state index contributed by atoms with van der Waals surface area (Å²) in [6.45, 7) is 0.531. The zero-order valence-corrected chi connectivity index (χ0v) is 11.0. The van der Waals surface area contributed by atoms with E-state index in [4.69, 9.17) is 0 Å². The lowest BCUT2D eigenvalue weighted by Gasteiger charge is -2.35. The summed E-state index contributed by atoms with van der Waals surface area (Å²) in [5.74, 6) is 0.708. The number of amides is 2. The second-order valence-electron chi connectivity index (χ2n) is 4.13. The molecule has 1 aromatic heterocycles. The number of hydrogen-bond donors (Lipinski definition) is 0. The van der Waals surface area contributed by atoms with Crippen molar-refractivity contribution in [3.63, 3.8) is 0 Å². The number of fused-ring (bicyclic) bond motifs is 1. The van der Waals surface area contributed by atoms with Gasteiger partial charge >= 0.3 is 6.03 Å². The number of carbonyl (C=O) groups excluding carboxylic acids is 1. The maximum Gasteiger partial charge on any atom is 0.330 e. The van der Waals surface area contributed by atoms with E-state index in [-0.39, 0.29) is 6.03 Å². The first-order valence-electron chi connectivity index (χ1n) is 5.60. The maximum absolute atomic E-state index is 12.2. The van der Waals surface area contributed by atoms with Gasteiger partial charge in [-0.15, -0.1) is 5.73 Å². The largest absolute Gasteiger partial charge is 0.330 e. The quantitative estimate of drug-likeness (QED) is 0.464. The SMILES string of the molecule is CSc1ncc2c(n1)N(C)C(=O)N(C1=C=CC1)C2. The van der Waals surface area contributed by atoms with E-state index >= 15 is 0 Å². The topological polar surface area (TPSA) is 49.3 Å². The summed E-state index contributed by atoms with van der Waals surface area (Å²) in [6, 6.07) is -0.0520. The van der Waals surface area contributed by atoms with Crippen molar-refractivity contribution in [2.45, 2.75) is 18.1 Å². The molecule has 1 aliphatic carbocycles. The van der Waals surface area contributed by atoms with E-state index in [0.29, 0.717) is 17.5 Å². The molecular weight excluding hydrogens is 248 g/mol. The molecule has 0 radical (unpaired) electrons. The average Bonchev–Trinajstić information content (AvgIpc) is 2.33. The summed E-state index contributed by atoms with van der Waals surface area (Å²) in [6.07, 6.45) is 6.44. The van der Waals surface area contributed by atoms with Crippen molar-refractivity contribution in [2.75, 3.05) is 18.2 Å². The molecule has 0 saturated heterocycles. The van der Waals surface area contributed by atoms with E-state index < -0.39 is 0 Å². The lowest BCUT2D eigenvalue weighted by molar-refractivity contribution is 0.212. The molecule has 0 spiro atoms. The van der Waals surface area contributed by atoms with E-state index in [0.717, 1.165) is 17.7 Å². The van der Waals surface area contributed by atoms with Crippen LogP contribution in [0.2, 0.25) is 0 Å². The molecule has 18 heavy (non-hydrogen) atoms. The highest BCUT2D eigenvalue weighted by atomic mass is 32.2. The Morgan fingerprint density at radius 1 is 1.50 bits per heavy atom. The molecule has 92 valence electrons. The maximum atomic E-state index is 12.2. The van der Waals surface area contributed by atoms with E-state index in [1.165, 1.54) is 11.8 Å². The third-order valence-electron chi connectivity index (χ3n) is 3.06. The molecule has 2 aliphatic rings. The van der Waals surface area contributed by atoms with Gasteiger partial charge in [-0.25, -0.2) is 14.8 Å². The van der Waals surface area contributed by atoms with Gasteiger partial charge in [0.2, 0.25) is 0 Å². The molecule has 0 fully saturated rings. The molecule has 6 heteroatoms. The first kappa shape index (κ1) is 11.3. The number of nitrogens with zero attached hydrogens (tertiary/aromatic N) is 4. The van der Waals surface area contributed by atoms with E-state index in [2.05, 4.69) is 15.7 Å². The zero-order valence-electron chi connectivity index (χ0n) is 10.2. The van der Waals surface area contributed by atoms with Gasteiger partial charge in [0.05, 0.1) is 12.2 Å². The smallest absolute Gasteiger partial charge is 0.286 e. The molecule has 0 unspecified atom stereocenters. The van der Waals surface area contributed by atoms with Crippen LogP contribution in [0.5, 0.6) is 0 Å². The molecule has 0 atom stereocenters. The monoisotopic (exact) mass is 260 g/mol. The van der Waals surface area contributed by atoms with Crippen molar-refractivity contribution >= 4 is 23.6 Å². The highest BCUT2D eigenvalue weighted by Gasteiger charge is 2.32. The minimum Gasteiger partial charge on any atom is -0.286 e. The number of rotatable bonds is 2. The summed E-state index contributed by atoms with van der Waals surface area (Å²) in [7, 11) is 1.74.